The second kappa shape index (κ2) is 6.15. The minimum absolute atomic E-state index is 0.645. The van der Waals surface area contributed by atoms with Crippen LogP contribution in [0.5, 0.6) is 5.75 Å². The van der Waals surface area contributed by atoms with Crippen LogP contribution in [0.4, 0.5) is 11.4 Å². The molecule has 0 aromatic heterocycles. The molecule has 1 fully saturated rings. The summed E-state index contributed by atoms with van der Waals surface area (Å²) in [7, 11) is 1.65. The molecule has 0 saturated carbocycles. The van der Waals surface area contributed by atoms with Crippen molar-refractivity contribution in [3.05, 3.63) is 18.2 Å². The Labute approximate surface area is 115 Å². The van der Waals surface area contributed by atoms with Gasteiger partial charge in [0.05, 0.1) is 18.5 Å². The van der Waals surface area contributed by atoms with Gasteiger partial charge in [0.2, 0.25) is 0 Å². The minimum atomic E-state index is 0.645. The molecule has 106 valence electrons. The molecule has 19 heavy (non-hydrogen) atoms. The van der Waals surface area contributed by atoms with E-state index in [0.717, 1.165) is 18.0 Å². The molecule has 1 atom stereocenters. The van der Waals surface area contributed by atoms with Crippen molar-refractivity contribution in [3.8, 4) is 5.75 Å². The number of nitrogens with zero attached hydrogens (tertiary/aromatic N) is 1. The summed E-state index contributed by atoms with van der Waals surface area (Å²) >= 11 is 0. The maximum atomic E-state index is 6.06. The molecule has 1 aliphatic rings. The molecule has 4 nitrogen and oxygen atoms in total. The van der Waals surface area contributed by atoms with Crippen LogP contribution in [0.15, 0.2) is 18.2 Å². The molecule has 0 amide bonds. The van der Waals surface area contributed by atoms with Crippen LogP contribution in [-0.2, 0) is 0 Å². The van der Waals surface area contributed by atoms with Crippen LogP contribution in [-0.4, -0.2) is 37.7 Å². The first kappa shape index (κ1) is 14.0. The van der Waals surface area contributed by atoms with Gasteiger partial charge in [0.25, 0.3) is 0 Å². The van der Waals surface area contributed by atoms with Crippen molar-refractivity contribution in [2.24, 2.45) is 5.92 Å². The zero-order valence-electron chi connectivity index (χ0n) is 12.1. The number of nitrogens with two attached hydrogens (primary N) is 1. The summed E-state index contributed by atoms with van der Waals surface area (Å²) in [6.07, 6.45) is 1.26. The van der Waals surface area contributed by atoms with Gasteiger partial charge in [0, 0.05) is 19.1 Å². The van der Waals surface area contributed by atoms with Crippen LogP contribution in [0.25, 0.3) is 0 Å². The summed E-state index contributed by atoms with van der Waals surface area (Å²) in [5.74, 6) is 1.44. The Morgan fingerprint density at radius 2 is 2.26 bits per heavy atom. The van der Waals surface area contributed by atoms with Crippen molar-refractivity contribution in [1.29, 1.82) is 0 Å². The molecular weight excluding hydrogens is 238 g/mol. The van der Waals surface area contributed by atoms with Crippen molar-refractivity contribution in [3.63, 3.8) is 0 Å². The Morgan fingerprint density at radius 1 is 1.47 bits per heavy atom. The van der Waals surface area contributed by atoms with E-state index < -0.39 is 0 Å². The number of hydrogen-bond donors (Lipinski definition) is 2. The number of benzene rings is 1. The third kappa shape index (κ3) is 3.32. The number of ether oxygens (including phenoxy) is 1. The molecule has 0 aliphatic carbocycles. The Bertz CT molecular complexity index is 420. The van der Waals surface area contributed by atoms with E-state index in [0.29, 0.717) is 17.6 Å². The first-order chi connectivity index (χ1) is 9.11. The standard InChI is InChI=1S/C15H25N3O/c1-11(2)18-8-7-12(10-18)9-17-13-5-4-6-14(19-3)15(13)16/h4-6,11-12,17H,7-10,16H2,1-3H3. The number of rotatable bonds is 5. The highest BCUT2D eigenvalue weighted by Crippen LogP contribution is 2.29. The van der Waals surface area contributed by atoms with Gasteiger partial charge in [-0.25, -0.2) is 0 Å². The second-order valence-electron chi connectivity index (χ2n) is 5.55. The van der Waals surface area contributed by atoms with Gasteiger partial charge in [-0.3, -0.25) is 0 Å². The summed E-state index contributed by atoms with van der Waals surface area (Å²) < 4.78 is 5.23. The van der Waals surface area contributed by atoms with E-state index >= 15 is 0 Å². The molecule has 0 bridgehead atoms. The summed E-state index contributed by atoms with van der Waals surface area (Å²) in [4.78, 5) is 2.53. The molecule has 0 radical (unpaired) electrons. The Hall–Kier alpha value is -1.42. The number of para-hydroxylation sites is 1. The lowest BCUT2D eigenvalue weighted by Crippen LogP contribution is -2.29. The lowest BCUT2D eigenvalue weighted by atomic mass is 10.1. The van der Waals surface area contributed by atoms with Gasteiger partial charge in [0.15, 0.2) is 0 Å². The van der Waals surface area contributed by atoms with Crippen molar-refractivity contribution in [2.75, 3.05) is 37.8 Å². The monoisotopic (exact) mass is 263 g/mol. The number of anilines is 2. The Kier molecular flexibility index (Phi) is 4.53. The largest absolute Gasteiger partial charge is 0.495 e. The van der Waals surface area contributed by atoms with E-state index in [1.807, 2.05) is 18.2 Å². The van der Waals surface area contributed by atoms with Gasteiger partial charge in [-0.1, -0.05) is 6.07 Å². The van der Waals surface area contributed by atoms with E-state index in [1.54, 1.807) is 7.11 Å². The number of nitrogen functional groups attached to an aromatic ring is 1. The predicted molar refractivity (Wildman–Crippen MR) is 80.7 cm³/mol. The fraction of sp³-hybridized carbons (Fsp3) is 0.600. The quantitative estimate of drug-likeness (QED) is 0.801. The first-order valence-electron chi connectivity index (χ1n) is 7.02. The molecule has 2 rings (SSSR count). The highest BCUT2D eigenvalue weighted by atomic mass is 16.5. The van der Waals surface area contributed by atoms with Gasteiger partial charge in [-0.2, -0.15) is 0 Å². The minimum Gasteiger partial charge on any atom is -0.495 e. The maximum absolute atomic E-state index is 6.06. The molecule has 1 aromatic rings. The fourth-order valence-electron chi connectivity index (χ4n) is 2.63. The molecule has 1 saturated heterocycles. The van der Waals surface area contributed by atoms with E-state index in [-0.39, 0.29) is 0 Å². The van der Waals surface area contributed by atoms with Crippen LogP contribution in [0.1, 0.15) is 20.3 Å². The fourth-order valence-corrected chi connectivity index (χ4v) is 2.63. The molecule has 1 aromatic carbocycles. The molecule has 0 spiro atoms. The van der Waals surface area contributed by atoms with Gasteiger partial charge < -0.3 is 20.7 Å². The Balaban J connectivity index is 1.90. The molecule has 3 N–H and O–H groups in total. The van der Waals surface area contributed by atoms with Gasteiger partial charge in [-0.05, 0) is 44.9 Å². The van der Waals surface area contributed by atoms with Crippen LogP contribution in [0.2, 0.25) is 0 Å². The highest BCUT2D eigenvalue weighted by Gasteiger charge is 2.23. The van der Waals surface area contributed by atoms with Crippen LogP contribution in [0, 0.1) is 5.92 Å². The third-order valence-electron chi connectivity index (χ3n) is 3.91. The molecule has 1 unspecified atom stereocenters. The zero-order valence-corrected chi connectivity index (χ0v) is 12.1. The predicted octanol–water partition coefficient (Wildman–Crippen LogP) is 2.42. The molecular formula is C15H25N3O. The van der Waals surface area contributed by atoms with Crippen LogP contribution >= 0.6 is 0 Å². The van der Waals surface area contributed by atoms with Crippen molar-refractivity contribution in [1.82, 2.24) is 4.90 Å². The molecule has 1 heterocycles. The van der Waals surface area contributed by atoms with E-state index in [1.165, 1.54) is 19.5 Å². The number of methoxy groups -OCH3 is 1. The SMILES string of the molecule is COc1cccc(NCC2CCN(C(C)C)C2)c1N. The van der Waals surface area contributed by atoms with Crippen LogP contribution in [0.3, 0.4) is 0 Å². The van der Waals surface area contributed by atoms with Gasteiger partial charge >= 0.3 is 0 Å². The zero-order chi connectivity index (χ0) is 13.8. The van der Waals surface area contributed by atoms with Crippen molar-refractivity contribution in [2.45, 2.75) is 26.3 Å². The normalized spacial score (nSPS) is 19.9. The second-order valence-corrected chi connectivity index (χ2v) is 5.55. The lowest BCUT2D eigenvalue weighted by molar-refractivity contribution is 0.266. The van der Waals surface area contributed by atoms with Gasteiger partial charge in [-0.15, -0.1) is 0 Å². The number of likely N-dealkylation sites (tertiary alicyclic amines) is 1. The summed E-state index contributed by atoms with van der Waals surface area (Å²) in [5.41, 5.74) is 7.73. The number of nitrogens with one attached hydrogen (secondary N) is 1. The molecule has 1 aliphatic heterocycles. The molecule has 4 heteroatoms. The number of hydrogen-bond acceptors (Lipinski definition) is 4. The van der Waals surface area contributed by atoms with E-state index in [2.05, 4.69) is 24.1 Å². The third-order valence-corrected chi connectivity index (χ3v) is 3.91. The summed E-state index contributed by atoms with van der Waals surface area (Å²) in [6.45, 7) is 7.87. The van der Waals surface area contributed by atoms with E-state index in [4.69, 9.17) is 10.5 Å². The topological polar surface area (TPSA) is 50.5 Å². The first-order valence-corrected chi connectivity index (χ1v) is 7.02. The lowest BCUT2D eigenvalue weighted by Gasteiger charge is -2.20. The Morgan fingerprint density at radius 3 is 2.89 bits per heavy atom. The highest BCUT2D eigenvalue weighted by molar-refractivity contribution is 5.72. The van der Waals surface area contributed by atoms with Crippen molar-refractivity contribution >= 4 is 11.4 Å². The summed E-state index contributed by atoms with van der Waals surface area (Å²) in [6, 6.07) is 6.50. The van der Waals surface area contributed by atoms with Gasteiger partial charge in [0.1, 0.15) is 5.75 Å². The van der Waals surface area contributed by atoms with Crippen molar-refractivity contribution < 1.29 is 4.74 Å². The maximum Gasteiger partial charge on any atom is 0.143 e. The average molecular weight is 263 g/mol. The average Bonchev–Trinajstić information content (AvgIpc) is 2.86. The van der Waals surface area contributed by atoms with E-state index in [9.17, 15) is 0 Å². The van der Waals surface area contributed by atoms with Crippen LogP contribution < -0.4 is 15.8 Å². The smallest absolute Gasteiger partial charge is 0.143 e. The summed E-state index contributed by atoms with van der Waals surface area (Å²) in [5, 5.41) is 3.46.